The second kappa shape index (κ2) is 11.4. The van der Waals surface area contributed by atoms with Gasteiger partial charge in [-0.1, -0.05) is 12.1 Å². The van der Waals surface area contributed by atoms with Gasteiger partial charge in [-0.25, -0.2) is 9.37 Å². The number of nitrogens with one attached hydrogen (secondary N) is 1. The smallest absolute Gasteiger partial charge is 0.219 e. The van der Waals surface area contributed by atoms with Gasteiger partial charge in [-0.2, -0.15) is 0 Å². The van der Waals surface area contributed by atoms with Crippen molar-refractivity contribution < 1.29 is 13.9 Å². The summed E-state index contributed by atoms with van der Waals surface area (Å²) in [6.07, 6.45) is 7.58. The van der Waals surface area contributed by atoms with E-state index in [-0.39, 0.29) is 5.82 Å². The van der Waals surface area contributed by atoms with Crippen LogP contribution in [0.4, 0.5) is 15.8 Å². The third kappa shape index (κ3) is 5.29. The summed E-state index contributed by atoms with van der Waals surface area (Å²) < 4.78 is 26.1. The highest BCUT2D eigenvalue weighted by Gasteiger charge is 2.26. The van der Waals surface area contributed by atoms with Crippen LogP contribution < -0.4 is 15.0 Å². The standard InChI is InChI=1S/C30H38FN5O2/c1-37-30-21(20-38-18-17-35-13-4-5-14-35)19-26-29(34-30)28(23-7-6-9-25(23)33-26)32-22-11-15-36(16-12-22)27-10-3-2-8-24(27)31/h2-3,8,10,19,22H,4-7,9,11-18,20H2,1H3,(H,32,33). The maximum Gasteiger partial charge on any atom is 0.219 e. The zero-order valence-electron chi connectivity index (χ0n) is 22.3. The van der Waals surface area contributed by atoms with Crippen molar-refractivity contribution in [2.24, 2.45) is 0 Å². The molecule has 4 heterocycles. The lowest BCUT2D eigenvalue weighted by Gasteiger charge is -2.35. The minimum atomic E-state index is -0.149. The second-order valence-corrected chi connectivity index (χ2v) is 10.7. The molecule has 0 saturated carbocycles. The van der Waals surface area contributed by atoms with Crippen molar-refractivity contribution in [2.45, 2.75) is 57.6 Å². The minimum absolute atomic E-state index is 0.149. The molecule has 0 radical (unpaired) electrons. The van der Waals surface area contributed by atoms with E-state index in [0.29, 0.717) is 30.8 Å². The summed E-state index contributed by atoms with van der Waals surface area (Å²) in [4.78, 5) is 14.6. The van der Waals surface area contributed by atoms with Crippen LogP contribution >= 0.6 is 0 Å². The molecular formula is C30H38FN5O2. The number of fused-ring (bicyclic) bond motifs is 2. The van der Waals surface area contributed by atoms with Gasteiger partial charge < -0.3 is 24.6 Å². The Morgan fingerprint density at radius 2 is 1.84 bits per heavy atom. The van der Waals surface area contributed by atoms with Crippen molar-refractivity contribution in [3.63, 3.8) is 0 Å². The SMILES string of the molecule is COc1nc2c(NC3CCN(c4ccccc4F)CC3)c3c(nc2cc1COCCN1CCCC1)CCC3. The van der Waals surface area contributed by atoms with Crippen LogP contribution in [0.2, 0.25) is 0 Å². The van der Waals surface area contributed by atoms with Crippen LogP contribution in [0.15, 0.2) is 30.3 Å². The van der Waals surface area contributed by atoms with Gasteiger partial charge >= 0.3 is 0 Å². The number of aryl methyl sites for hydroxylation is 1. The van der Waals surface area contributed by atoms with E-state index in [2.05, 4.69) is 21.2 Å². The molecule has 2 fully saturated rings. The molecule has 0 amide bonds. The van der Waals surface area contributed by atoms with E-state index < -0.39 is 0 Å². The summed E-state index contributed by atoms with van der Waals surface area (Å²) in [5.74, 6) is 0.458. The van der Waals surface area contributed by atoms with E-state index >= 15 is 0 Å². The third-order valence-electron chi connectivity index (χ3n) is 8.26. The first-order valence-corrected chi connectivity index (χ1v) is 14.1. The minimum Gasteiger partial charge on any atom is -0.481 e. The molecule has 0 spiro atoms. The molecule has 2 aliphatic heterocycles. The van der Waals surface area contributed by atoms with E-state index in [1.165, 1.54) is 43.3 Å². The lowest BCUT2D eigenvalue weighted by molar-refractivity contribution is 0.0975. The molecule has 38 heavy (non-hydrogen) atoms. The molecular weight excluding hydrogens is 481 g/mol. The highest BCUT2D eigenvalue weighted by Crippen LogP contribution is 2.37. The van der Waals surface area contributed by atoms with Crippen LogP contribution in [0.3, 0.4) is 0 Å². The Balaban J connectivity index is 1.19. The molecule has 3 aromatic rings. The maximum atomic E-state index is 14.3. The fourth-order valence-corrected chi connectivity index (χ4v) is 6.20. The highest BCUT2D eigenvalue weighted by molar-refractivity contribution is 5.91. The molecule has 6 rings (SSSR count). The Hall–Kier alpha value is -2.97. The van der Waals surface area contributed by atoms with Crippen molar-refractivity contribution in [1.82, 2.24) is 14.9 Å². The number of hydrogen-bond acceptors (Lipinski definition) is 7. The molecule has 202 valence electrons. The molecule has 7 nitrogen and oxygen atoms in total. The number of benzene rings is 1. The zero-order chi connectivity index (χ0) is 25.9. The molecule has 1 aliphatic carbocycles. The van der Waals surface area contributed by atoms with Gasteiger partial charge in [-0.3, -0.25) is 4.98 Å². The number of ether oxygens (including phenoxy) is 2. The summed E-state index contributed by atoms with van der Waals surface area (Å²) in [7, 11) is 1.67. The van der Waals surface area contributed by atoms with Crippen LogP contribution in [-0.2, 0) is 24.2 Å². The summed E-state index contributed by atoms with van der Waals surface area (Å²) in [6, 6.07) is 9.46. The molecule has 2 saturated heterocycles. The number of para-hydroxylation sites is 1. The van der Waals surface area contributed by atoms with Gasteiger partial charge in [0.2, 0.25) is 5.88 Å². The van der Waals surface area contributed by atoms with Gasteiger partial charge in [0, 0.05) is 36.9 Å². The van der Waals surface area contributed by atoms with Gasteiger partial charge in [0.05, 0.1) is 37.2 Å². The summed E-state index contributed by atoms with van der Waals surface area (Å²) in [6.45, 7) is 6.14. The van der Waals surface area contributed by atoms with Crippen LogP contribution in [0, 0.1) is 5.82 Å². The molecule has 0 unspecified atom stereocenters. The fourth-order valence-electron chi connectivity index (χ4n) is 6.20. The fraction of sp³-hybridized carbons (Fsp3) is 0.533. The van der Waals surface area contributed by atoms with Crippen molar-refractivity contribution in [1.29, 1.82) is 0 Å². The quantitative estimate of drug-likeness (QED) is 0.401. The first-order valence-electron chi connectivity index (χ1n) is 14.1. The Bertz CT molecular complexity index is 1270. The Morgan fingerprint density at radius 3 is 2.63 bits per heavy atom. The number of anilines is 2. The number of hydrogen-bond donors (Lipinski definition) is 1. The number of nitrogens with zero attached hydrogens (tertiary/aromatic N) is 4. The average Bonchev–Trinajstić information content (AvgIpc) is 3.64. The van der Waals surface area contributed by atoms with Crippen molar-refractivity contribution >= 4 is 22.4 Å². The van der Waals surface area contributed by atoms with E-state index in [0.717, 1.165) is 74.0 Å². The topological polar surface area (TPSA) is 62.8 Å². The molecule has 3 aliphatic rings. The molecule has 2 aromatic heterocycles. The lowest BCUT2D eigenvalue weighted by Crippen LogP contribution is -2.39. The molecule has 0 bridgehead atoms. The monoisotopic (exact) mass is 519 g/mol. The Kier molecular flexibility index (Phi) is 7.60. The third-order valence-corrected chi connectivity index (χ3v) is 8.26. The molecule has 1 N–H and O–H groups in total. The normalized spacial score (nSPS) is 18.3. The lowest BCUT2D eigenvalue weighted by atomic mass is 10.0. The Labute approximate surface area is 224 Å². The van der Waals surface area contributed by atoms with Gasteiger partial charge in [0.15, 0.2) is 0 Å². The number of halogens is 1. The number of piperidine rings is 1. The number of methoxy groups -OCH3 is 1. The zero-order valence-corrected chi connectivity index (χ0v) is 22.3. The van der Waals surface area contributed by atoms with Gasteiger partial charge in [0.1, 0.15) is 11.3 Å². The largest absolute Gasteiger partial charge is 0.481 e. The Morgan fingerprint density at radius 1 is 1.03 bits per heavy atom. The van der Waals surface area contributed by atoms with Crippen molar-refractivity contribution in [3.8, 4) is 5.88 Å². The number of likely N-dealkylation sites (tertiary alicyclic amines) is 1. The maximum absolute atomic E-state index is 14.3. The average molecular weight is 520 g/mol. The van der Waals surface area contributed by atoms with Crippen LogP contribution in [0.1, 0.15) is 48.9 Å². The predicted molar refractivity (Wildman–Crippen MR) is 149 cm³/mol. The molecule has 8 heteroatoms. The van der Waals surface area contributed by atoms with Crippen molar-refractivity contribution in [3.05, 3.63) is 53.0 Å². The number of rotatable bonds is 9. The summed E-state index contributed by atoms with van der Waals surface area (Å²) >= 11 is 0. The highest BCUT2D eigenvalue weighted by atomic mass is 19.1. The summed E-state index contributed by atoms with van der Waals surface area (Å²) in [5.41, 5.74) is 6.98. The first kappa shape index (κ1) is 25.3. The van der Waals surface area contributed by atoms with Gasteiger partial charge in [0.25, 0.3) is 0 Å². The second-order valence-electron chi connectivity index (χ2n) is 10.7. The van der Waals surface area contributed by atoms with Crippen molar-refractivity contribution in [2.75, 3.05) is 56.7 Å². The van der Waals surface area contributed by atoms with E-state index in [1.54, 1.807) is 13.2 Å². The van der Waals surface area contributed by atoms with Gasteiger partial charge in [-0.05, 0) is 81.8 Å². The van der Waals surface area contributed by atoms with Crippen LogP contribution in [-0.4, -0.2) is 67.4 Å². The summed E-state index contributed by atoms with van der Waals surface area (Å²) in [5, 5.41) is 3.85. The van der Waals surface area contributed by atoms with Crippen LogP contribution in [0.5, 0.6) is 5.88 Å². The predicted octanol–water partition coefficient (Wildman–Crippen LogP) is 4.96. The number of aromatic nitrogens is 2. The van der Waals surface area contributed by atoms with Gasteiger partial charge in [-0.15, -0.1) is 0 Å². The van der Waals surface area contributed by atoms with E-state index in [1.807, 2.05) is 12.1 Å². The van der Waals surface area contributed by atoms with E-state index in [9.17, 15) is 4.39 Å². The van der Waals surface area contributed by atoms with E-state index in [4.69, 9.17) is 19.4 Å². The first-order chi connectivity index (χ1) is 18.7. The van der Waals surface area contributed by atoms with Crippen LogP contribution in [0.25, 0.3) is 11.0 Å². The molecule has 0 atom stereocenters. The molecule has 1 aromatic carbocycles. The number of pyridine rings is 2.